The minimum absolute atomic E-state index is 0.0751. The highest BCUT2D eigenvalue weighted by molar-refractivity contribution is 7.89. The van der Waals surface area contributed by atoms with Crippen LogP contribution in [0.5, 0.6) is 0 Å². The van der Waals surface area contributed by atoms with E-state index in [0.717, 1.165) is 0 Å². The van der Waals surface area contributed by atoms with Gasteiger partial charge in [0.2, 0.25) is 5.95 Å². The number of alkyl halides is 2. The van der Waals surface area contributed by atoms with Gasteiger partial charge in [-0.15, -0.1) is 5.10 Å². The number of aliphatic hydroxyl groups excluding tert-OH is 1. The molecule has 3 atom stereocenters. The molecular weight excluding hydrogens is 430 g/mol. The van der Waals surface area contributed by atoms with E-state index in [-0.39, 0.29) is 30.0 Å². The van der Waals surface area contributed by atoms with Crippen molar-refractivity contribution in [1.29, 1.82) is 0 Å². The molecule has 1 saturated heterocycles. The van der Waals surface area contributed by atoms with Gasteiger partial charge in [-0.05, 0) is 12.3 Å². The Morgan fingerprint density at radius 1 is 1.34 bits per heavy atom. The first-order chi connectivity index (χ1) is 13.5. The minimum atomic E-state index is -4.72. The lowest BCUT2D eigenvalue weighted by atomic mass is 9.98. The number of nitrogens with one attached hydrogen (secondary N) is 1. The predicted molar refractivity (Wildman–Crippen MR) is 104 cm³/mol. The summed E-state index contributed by atoms with van der Waals surface area (Å²) in [6.45, 7) is 5.54. The Balaban J connectivity index is 1.80. The van der Waals surface area contributed by atoms with E-state index in [2.05, 4.69) is 34.2 Å². The van der Waals surface area contributed by atoms with Crippen LogP contribution in [0.4, 0.5) is 14.7 Å². The van der Waals surface area contributed by atoms with Crippen LogP contribution >= 0.6 is 11.6 Å². The van der Waals surface area contributed by atoms with E-state index in [9.17, 15) is 22.3 Å². The topological polar surface area (TPSA) is 113 Å². The molecule has 0 radical (unpaired) electrons. The van der Waals surface area contributed by atoms with Gasteiger partial charge in [-0.25, -0.2) is 22.9 Å². The second-order valence-electron chi connectivity index (χ2n) is 7.44. The van der Waals surface area contributed by atoms with Crippen molar-refractivity contribution < 1.29 is 22.3 Å². The lowest BCUT2D eigenvalue weighted by Gasteiger charge is -2.35. The highest BCUT2D eigenvalue weighted by Gasteiger charge is 2.38. The molecule has 2 aromatic heterocycles. The molecular formula is C16H23ClF2N6O3S. The third-order valence-corrected chi connectivity index (χ3v) is 7.00. The molecule has 9 nitrogen and oxygen atoms in total. The van der Waals surface area contributed by atoms with E-state index in [1.54, 1.807) is 4.52 Å². The van der Waals surface area contributed by atoms with Gasteiger partial charge in [0, 0.05) is 19.0 Å². The molecule has 162 valence electrons. The average Bonchev–Trinajstić information content (AvgIpc) is 2.98. The van der Waals surface area contributed by atoms with Crippen molar-refractivity contribution in [3.8, 4) is 0 Å². The maximum absolute atomic E-state index is 12.7. The number of hydrogen-bond acceptors (Lipinski definition) is 7. The molecule has 13 heteroatoms. The molecule has 0 saturated carbocycles. The second-order valence-corrected chi connectivity index (χ2v) is 9.70. The van der Waals surface area contributed by atoms with Crippen LogP contribution in [-0.2, 0) is 10.0 Å². The smallest absolute Gasteiger partial charge is 0.350 e. The van der Waals surface area contributed by atoms with Crippen LogP contribution in [0.25, 0.3) is 5.52 Å². The maximum Gasteiger partial charge on any atom is 0.350 e. The van der Waals surface area contributed by atoms with Crippen LogP contribution in [0.15, 0.2) is 6.20 Å². The number of nitrogens with zero attached hydrogens (tertiary/aromatic N) is 5. The fourth-order valence-corrected chi connectivity index (χ4v) is 4.27. The Labute approximate surface area is 172 Å². The normalized spacial score (nSPS) is 22.5. The monoisotopic (exact) mass is 452 g/mol. The Hall–Kier alpha value is -1.63. The Kier molecular flexibility index (Phi) is 6.27. The van der Waals surface area contributed by atoms with Crippen molar-refractivity contribution in [3.05, 3.63) is 17.2 Å². The van der Waals surface area contributed by atoms with Crippen LogP contribution in [0.1, 0.15) is 38.9 Å². The summed E-state index contributed by atoms with van der Waals surface area (Å²) in [6.07, 6.45) is 0.426. The standard InChI is InChI=1S/C16H23ClF2N6O3S/c1-8(2)9(3)14-22-13(17)11-6-20-16(23-25(11)14)21-10-4-5-24(7-12(10)26)29(27,28)15(18)19/h6,8-10,12,15,26H,4-5,7H2,1-3H3,(H,21,23). The van der Waals surface area contributed by atoms with Crippen molar-refractivity contribution in [1.82, 2.24) is 23.9 Å². The van der Waals surface area contributed by atoms with Gasteiger partial charge >= 0.3 is 5.76 Å². The molecule has 2 aromatic rings. The van der Waals surface area contributed by atoms with Gasteiger partial charge in [0.05, 0.1) is 18.3 Å². The van der Waals surface area contributed by atoms with Crippen LogP contribution in [0, 0.1) is 5.92 Å². The predicted octanol–water partition coefficient (Wildman–Crippen LogP) is 1.94. The van der Waals surface area contributed by atoms with E-state index in [1.807, 2.05) is 6.92 Å². The molecule has 0 amide bonds. The number of hydrogen-bond donors (Lipinski definition) is 2. The first-order valence-electron chi connectivity index (χ1n) is 9.15. The lowest BCUT2D eigenvalue weighted by molar-refractivity contribution is 0.0904. The molecule has 1 aliphatic heterocycles. The summed E-state index contributed by atoms with van der Waals surface area (Å²) in [6, 6.07) is -0.596. The lowest BCUT2D eigenvalue weighted by Crippen LogP contribution is -2.52. The summed E-state index contributed by atoms with van der Waals surface area (Å²) >= 11 is 6.18. The Bertz CT molecular complexity index is 986. The van der Waals surface area contributed by atoms with Crippen LogP contribution in [-0.4, -0.2) is 68.4 Å². The summed E-state index contributed by atoms with van der Waals surface area (Å²) in [5, 5.41) is 17.9. The number of aliphatic hydroxyl groups is 1. The van der Waals surface area contributed by atoms with Gasteiger partial charge in [-0.3, -0.25) is 0 Å². The zero-order valence-electron chi connectivity index (χ0n) is 16.1. The van der Waals surface area contributed by atoms with E-state index in [1.165, 1.54) is 6.20 Å². The fourth-order valence-electron chi connectivity index (χ4n) is 3.11. The highest BCUT2D eigenvalue weighted by atomic mass is 35.5. The van der Waals surface area contributed by atoms with Crippen molar-refractivity contribution >= 4 is 33.1 Å². The number of imidazole rings is 1. The van der Waals surface area contributed by atoms with E-state index < -0.39 is 34.5 Å². The molecule has 29 heavy (non-hydrogen) atoms. The summed E-state index contributed by atoms with van der Waals surface area (Å²) in [7, 11) is -4.72. The SMILES string of the molecule is CC(C)C(C)c1nc(Cl)c2cnc(NC3CCN(S(=O)(=O)C(F)F)CC3O)nn12. The van der Waals surface area contributed by atoms with Gasteiger partial charge in [-0.1, -0.05) is 32.4 Å². The molecule has 0 bridgehead atoms. The van der Waals surface area contributed by atoms with Crippen LogP contribution < -0.4 is 5.32 Å². The third-order valence-electron chi connectivity index (χ3n) is 5.22. The van der Waals surface area contributed by atoms with Crippen molar-refractivity contribution in [2.45, 2.75) is 51.0 Å². The number of aromatic nitrogens is 4. The van der Waals surface area contributed by atoms with Gasteiger partial charge in [-0.2, -0.15) is 13.1 Å². The fraction of sp³-hybridized carbons (Fsp3) is 0.688. The number of anilines is 1. The first kappa shape index (κ1) is 22.1. The second kappa shape index (κ2) is 8.25. The van der Waals surface area contributed by atoms with Crippen LogP contribution in [0.2, 0.25) is 5.15 Å². The van der Waals surface area contributed by atoms with Crippen molar-refractivity contribution in [2.24, 2.45) is 5.92 Å². The molecule has 2 N–H and O–H groups in total. The quantitative estimate of drug-likeness (QED) is 0.688. The highest BCUT2D eigenvalue weighted by Crippen LogP contribution is 2.27. The zero-order valence-corrected chi connectivity index (χ0v) is 17.7. The first-order valence-corrected chi connectivity index (χ1v) is 11.0. The summed E-state index contributed by atoms with van der Waals surface area (Å²) < 4.78 is 50.8. The molecule has 0 spiro atoms. The molecule has 1 fully saturated rings. The number of sulfonamides is 1. The number of β-amino-alcohol motifs (C(OH)–C–C–N with tert-alkyl or cyclic N) is 1. The number of rotatable bonds is 6. The molecule has 1 aliphatic rings. The minimum Gasteiger partial charge on any atom is -0.390 e. The molecule has 3 rings (SSSR count). The van der Waals surface area contributed by atoms with E-state index >= 15 is 0 Å². The number of halogens is 3. The third kappa shape index (κ3) is 4.30. The van der Waals surface area contributed by atoms with Crippen LogP contribution in [0.3, 0.4) is 0 Å². The largest absolute Gasteiger partial charge is 0.390 e. The Morgan fingerprint density at radius 2 is 2.03 bits per heavy atom. The molecule has 3 heterocycles. The summed E-state index contributed by atoms with van der Waals surface area (Å²) in [4.78, 5) is 8.55. The van der Waals surface area contributed by atoms with Crippen molar-refractivity contribution in [2.75, 3.05) is 18.4 Å². The number of piperidine rings is 1. The molecule has 3 unspecified atom stereocenters. The summed E-state index contributed by atoms with van der Waals surface area (Å²) in [5.74, 6) is -2.28. The average molecular weight is 453 g/mol. The zero-order chi connectivity index (χ0) is 21.5. The summed E-state index contributed by atoms with van der Waals surface area (Å²) in [5.41, 5.74) is 0.540. The van der Waals surface area contributed by atoms with Gasteiger partial charge in [0.15, 0.2) is 5.15 Å². The Morgan fingerprint density at radius 3 is 2.62 bits per heavy atom. The molecule has 0 aliphatic carbocycles. The van der Waals surface area contributed by atoms with Gasteiger partial charge in [0.25, 0.3) is 10.0 Å². The van der Waals surface area contributed by atoms with E-state index in [4.69, 9.17) is 11.6 Å². The van der Waals surface area contributed by atoms with Gasteiger partial charge in [0.1, 0.15) is 11.3 Å². The van der Waals surface area contributed by atoms with Crippen molar-refractivity contribution in [3.63, 3.8) is 0 Å². The maximum atomic E-state index is 12.7. The van der Waals surface area contributed by atoms with E-state index in [0.29, 0.717) is 21.6 Å². The number of fused-ring (bicyclic) bond motifs is 1. The van der Waals surface area contributed by atoms with Gasteiger partial charge < -0.3 is 10.4 Å². The molecule has 0 aromatic carbocycles.